The minimum atomic E-state index is -0.669. The van der Waals surface area contributed by atoms with E-state index < -0.39 is 17.7 Å². The van der Waals surface area contributed by atoms with Gasteiger partial charge in [0.25, 0.3) is 5.91 Å². The summed E-state index contributed by atoms with van der Waals surface area (Å²) in [5.74, 6) is -1.23. The summed E-state index contributed by atoms with van der Waals surface area (Å²) in [5, 5.41) is 20.5. The van der Waals surface area contributed by atoms with E-state index in [2.05, 4.69) is 0 Å². The molecular formula is C21H20ClNO4. The molecule has 1 atom stereocenters. The van der Waals surface area contributed by atoms with E-state index in [9.17, 15) is 19.8 Å². The number of amides is 1. The molecule has 0 radical (unpaired) electrons. The number of phenols is 1. The van der Waals surface area contributed by atoms with Crippen molar-refractivity contribution in [3.05, 3.63) is 76.0 Å². The predicted molar refractivity (Wildman–Crippen MR) is 103 cm³/mol. The largest absolute Gasteiger partial charge is 0.508 e. The first-order valence-electron chi connectivity index (χ1n) is 8.73. The quantitative estimate of drug-likeness (QED) is 0.788. The summed E-state index contributed by atoms with van der Waals surface area (Å²) in [6.07, 6.45) is 0.741. The fraction of sp³-hybridized carbons (Fsp3) is 0.238. The highest BCUT2D eigenvalue weighted by Gasteiger charge is 2.42. The van der Waals surface area contributed by atoms with Crippen LogP contribution >= 0.6 is 11.6 Å². The highest BCUT2D eigenvalue weighted by atomic mass is 35.5. The maximum Gasteiger partial charge on any atom is 0.290 e. The number of Topliss-reactive ketones (excluding diaryl/α,β-unsaturated/α-hetero) is 1. The number of halogens is 1. The van der Waals surface area contributed by atoms with Crippen LogP contribution in [0.25, 0.3) is 0 Å². The Kier molecular flexibility index (Phi) is 5.51. The number of hydrogen-bond donors (Lipinski definition) is 2. The summed E-state index contributed by atoms with van der Waals surface area (Å²) in [4.78, 5) is 26.6. The number of hydrogen-bond acceptors (Lipinski definition) is 4. The molecule has 0 fully saturated rings. The molecule has 2 N–H and O–H groups in total. The number of ketones is 1. The molecule has 2 aromatic rings. The van der Waals surface area contributed by atoms with E-state index in [1.54, 1.807) is 31.2 Å². The van der Waals surface area contributed by atoms with E-state index in [0.29, 0.717) is 23.6 Å². The van der Waals surface area contributed by atoms with Crippen LogP contribution in [0.2, 0.25) is 5.02 Å². The molecule has 27 heavy (non-hydrogen) atoms. The van der Waals surface area contributed by atoms with E-state index in [1.807, 2.05) is 12.1 Å². The molecule has 0 saturated heterocycles. The summed E-state index contributed by atoms with van der Waals surface area (Å²) >= 11 is 5.90. The van der Waals surface area contributed by atoms with Crippen LogP contribution in [0.15, 0.2) is 59.9 Å². The van der Waals surface area contributed by atoms with E-state index in [1.165, 1.54) is 17.0 Å². The van der Waals surface area contributed by atoms with E-state index in [0.717, 1.165) is 5.56 Å². The van der Waals surface area contributed by atoms with Crippen molar-refractivity contribution in [2.24, 2.45) is 0 Å². The first-order chi connectivity index (χ1) is 12.9. The normalized spacial score (nSPS) is 16.9. The third kappa shape index (κ3) is 3.83. The molecule has 0 aliphatic carbocycles. The molecule has 0 bridgehead atoms. The van der Waals surface area contributed by atoms with Gasteiger partial charge in [-0.2, -0.15) is 0 Å². The van der Waals surface area contributed by atoms with Gasteiger partial charge in [-0.3, -0.25) is 9.59 Å². The van der Waals surface area contributed by atoms with Gasteiger partial charge >= 0.3 is 0 Å². The highest BCUT2D eigenvalue weighted by molar-refractivity contribution is 6.30. The third-order valence-electron chi connectivity index (χ3n) is 4.69. The summed E-state index contributed by atoms with van der Waals surface area (Å²) in [6.45, 7) is 2.02. The number of aliphatic hydroxyl groups excluding tert-OH is 1. The molecule has 0 spiro atoms. The molecule has 1 heterocycles. The van der Waals surface area contributed by atoms with Crippen molar-refractivity contribution < 1.29 is 19.8 Å². The van der Waals surface area contributed by atoms with Crippen LogP contribution in [0, 0.1) is 0 Å². The topological polar surface area (TPSA) is 77.8 Å². The van der Waals surface area contributed by atoms with Crippen LogP contribution in [0.1, 0.15) is 30.5 Å². The van der Waals surface area contributed by atoms with Gasteiger partial charge in [0.15, 0.2) is 11.5 Å². The molecule has 0 aromatic heterocycles. The lowest BCUT2D eigenvalue weighted by atomic mass is 9.95. The molecule has 140 valence electrons. The van der Waals surface area contributed by atoms with Crippen molar-refractivity contribution in [2.75, 3.05) is 6.54 Å². The Hall–Kier alpha value is -2.79. The van der Waals surface area contributed by atoms with E-state index >= 15 is 0 Å². The smallest absolute Gasteiger partial charge is 0.290 e. The van der Waals surface area contributed by atoms with Gasteiger partial charge in [-0.05, 0) is 41.8 Å². The van der Waals surface area contributed by atoms with Crippen molar-refractivity contribution in [3.63, 3.8) is 0 Å². The van der Waals surface area contributed by atoms with Crippen LogP contribution in [-0.2, 0) is 16.0 Å². The lowest BCUT2D eigenvalue weighted by Crippen LogP contribution is -2.33. The average Bonchev–Trinajstić information content (AvgIpc) is 2.92. The van der Waals surface area contributed by atoms with Crippen molar-refractivity contribution >= 4 is 23.3 Å². The van der Waals surface area contributed by atoms with Crippen molar-refractivity contribution in [3.8, 4) is 5.75 Å². The number of benzene rings is 2. The van der Waals surface area contributed by atoms with E-state index in [-0.39, 0.29) is 23.5 Å². The molecule has 0 saturated carbocycles. The molecule has 6 heteroatoms. The number of aliphatic hydroxyl groups is 1. The molecule has 2 aromatic carbocycles. The van der Waals surface area contributed by atoms with E-state index in [4.69, 9.17) is 11.6 Å². The van der Waals surface area contributed by atoms with Crippen molar-refractivity contribution in [1.82, 2.24) is 4.90 Å². The second-order valence-electron chi connectivity index (χ2n) is 6.41. The number of phenolic OH excluding ortho intramolecular Hbond substituents is 1. The Morgan fingerprint density at radius 2 is 1.70 bits per heavy atom. The Bertz CT molecular complexity index is 887. The number of carbonyl (C=O) groups excluding carboxylic acids is 2. The SMILES string of the molecule is CCC(=O)C1=C(O)C(=O)N(CCc2ccc(Cl)cc2)C1c1ccc(O)cc1. The van der Waals surface area contributed by atoms with Gasteiger partial charge in [0, 0.05) is 18.0 Å². The third-order valence-corrected chi connectivity index (χ3v) is 4.94. The molecule has 5 nitrogen and oxygen atoms in total. The fourth-order valence-corrected chi connectivity index (χ4v) is 3.39. The lowest BCUT2D eigenvalue weighted by molar-refractivity contribution is -0.129. The highest BCUT2D eigenvalue weighted by Crippen LogP contribution is 2.38. The average molecular weight is 386 g/mol. The maximum absolute atomic E-state index is 12.7. The molecule has 1 aliphatic heterocycles. The fourth-order valence-electron chi connectivity index (χ4n) is 3.26. The zero-order chi connectivity index (χ0) is 19.6. The minimum absolute atomic E-state index is 0.0901. The summed E-state index contributed by atoms with van der Waals surface area (Å²) < 4.78 is 0. The van der Waals surface area contributed by atoms with Gasteiger partial charge in [-0.15, -0.1) is 0 Å². The molecular weight excluding hydrogens is 366 g/mol. The lowest BCUT2D eigenvalue weighted by Gasteiger charge is -2.27. The van der Waals surface area contributed by atoms with Gasteiger partial charge in [0.2, 0.25) is 0 Å². The van der Waals surface area contributed by atoms with Crippen LogP contribution < -0.4 is 0 Å². The number of nitrogens with zero attached hydrogens (tertiary/aromatic N) is 1. The first-order valence-corrected chi connectivity index (χ1v) is 9.10. The summed E-state index contributed by atoms with van der Waals surface area (Å²) in [6, 6.07) is 13.0. The van der Waals surface area contributed by atoms with Crippen LogP contribution in [0.3, 0.4) is 0 Å². The summed E-state index contributed by atoms with van der Waals surface area (Å²) in [5.41, 5.74) is 1.77. The van der Waals surface area contributed by atoms with Crippen LogP contribution in [0.4, 0.5) is 0 Å². The number of aromatic hydroxyl groups is 1. The Morgan fingerprint density at radius 1 is 1.07 bits per heavy atom. The zero-order valence-corrected chi connectivity index (χ0v) is 15.6. The van der Waals surface area contributed by atoms with Gasteiger partial charge < -0.3 is 15.1 Å². The standard InChI is InChI=1S/C21H20ClNO4/c1-2-17(25)18-19(14-5-9-16(24)10-6-14)23(21(27)20(18)26)12-11-13-3-7-15(22)8-4-13/h3-10,19,24,26H,2,11-12H2,1H3. The minimum Gasteiger partial charge on any atom is -0.508 e. The first kappa shape index (κ1) is 19.0. The van der Waals surface area contributed by atoms with Crippen molar-refractivity contribution in [2.45, 2.75) is 25.8 Å². The van der Waals surface area contributed by atoms with Crippen molar-refractivity contribution in [1.29, 1.82) is 0 Å². The number of carbonyl (C=O) groups is 2. The summed E-state index contributed by atoms with van der Waals surface area (Å²) in [7, 11) is 0. The zero-order valence-electron chi connectivity index (χ0n) is 14.9. The molecule has 3 rings (SSSR count). The van der Waals surface area contributed by atoms with Crippen LogP contribution in [-0.4, -0.2) is 33.3 Å². The molecule has 1 amide bonds. The second kappa shape index (κ2) is 7.84. The number of rotatable bonds is 6. The van der Waals surface area contributed by atoms with Gasteiger partial charge in [0.1, 0.15) is 5.75 Å². The van der Waals surface area contributed by atoms with Gasteiger partial charge in [-0.1, -0.05) is 42.8 Å². The monoisotopic (exact) mass is 385 g/mol. The Balaban J connectivity index is 1.93. The molecule has 1 aliphatic rings. The van der Waals surface area contributed by atoms with Gasteiger partial charge in [0.05, 0.1) is 11.6 Å². The molecule has 1 unspecified atom stereocenters. The Morgan fingerprint density at radius 3 is 2.30 bits per heavy atom. The second-order valence-corrected chi connectivity index (χ2v) is 6.84. The predicted octanol–water partition coefficient (Wildman–Crippen LogP) is 3.96. The Labute approximate surface area is 162 Å². The van der Waals surface area contributed by atoms with Crippen LogP contribution in [0.5, 0.6) is 5.75 Å². The maximum atomic E-state index is 12.7. The van der Waals surface area contributed by atoms with Gasteiger partial charge in [-0.25, -0.2) is 0 Å².